The van der Waals surface area contributed by atoms with Crippen LogP contribution in [0.15, 0.2) is 46.1 Å². The number of anilines is 1. The number of piperidine rings is 1. The first-order valence-corrected chi connectivity index (χ1v) is 29.5. The lowest BCUT2D eigenvalue weighted by Gasteiger charge is -2.39. The normalized spacial score (nSPS) is 26.5. The number of aliphatic hydroxyl groups is 1. The Hall–Kier alpha value is -5.59. The average molecular weight is 1170 g/mol. The number of nitrogens with zero attached hydrogens (tertiary/aromatic N) is 4. The standard InChI is InChI=1S/C53H78N6O19P2/c1-27(2)23-59-20-18-53(19-21-59)56-41-39-35(26-60)49-33(8)45(65)40(39)46(66)43(42(41)57-53)55-50(67)29(4)16-14-15-28(3)47(77-38(63)25-58(12)24-37(62)54-51(79(68,69)70)80(71,72)73)31(6)44(64)32(7)48(76-34(9)61)30(5)36(74-13)17-22-75-52(10,11)78-49/h14-17,22,26-28,30-32,36,44,47-48,51,56,64-66H,18-21,23-25H2,1-13H3,(H,54,62)(H2,68,69,70)(H2,71,72,73)/b15-14+,22-17+,29-16-,55-43?/t28-,30+,31-,32+,36-,44+,47-,48+/m0/s1. The van der Waals surface area contributed by atoms with Crippen LogP contribution in [0.4, 0.5) is 5.69 Å². The van der Waals surface area contributed by atoms with Gasteiger partial charge in [0, 0.05) is 101 Å². The maximum absolute atomic E-state index is 14.2. The van der Waals surface area contributed by atoms with Gasteiger partial charge in [0.05, 0.1) is 48.2 Å². The Morgan fingerprint density at radius 3 is 2.11 bits per heavy atom. The molecule has 2 aromatic rings. The van der Waals surface area contributed by atoms with Crippen LogP contribution in [0.1, 0.15) is 98.0 Å². The van der Waals surface area contributed by atoms with E-state index < -0.39 is 129 Å². The Labute approximate surface area is 464 Å². The summed E-state index contributed by atoms with van der Waals surface area (Å²) >= 11 is 0. The largest absolute Gasteiger partial charge is 0.507 e. The van der Waals surface area contributed by atoms with E-state index in [1.54, 1.807) is 52.9 Å². The minimum absolute atomic E-state index is 0.0456. The second kappa shape index (κ2) is 26.1. The number of amides is 2. The molecule has 4 heterocycles. The van der Waals surface area contributed by atoms with Crippen molar-refractivity contribution in [2.24, 2.45) is 39.6 Å². The lowest BCUT2D eigenvalue weighted by Crippen LogP contribution is -2.48. The van der Waals surface area contributed by atoms with Gasteiger partial charge in [0.1, 0.15) is 40.1 Å². The molecule has 4 aliphatic heterocycles. The third kappa shape index (κ3) is 15.5. The second-order valence-corrected chi connectivity index (χ2v) is 25.8. The first-order valence-electron chi connectivity index (χ1n) is 26.1. The van der Waals surface area contributed by atoms with Crippen molar-refractivity contribution < 1.29 is 91.7 Å². The minimum Gasteiger partial charge on any atom is -0.507 e. The van der Waals surface area contributed by atoms with Gasteiger partial charge in [-0.15, -0.1) is 0 Å². The van der Waals surface area contributed by atoms with Crippen LogP contribution in [0.25, 0.3) is 10.8 Å². The molecule has 27 heteroatoms. The van der Waals surface area contributed by atoms with Crippen molar-refractivity contribution in [1.82, 2.24) is 15.1 Å². The van der Waals surface area contributed by atoms with Crippen LogP contribution in [-0.4, -0.2) is 163 Å². The number of phenols is 2. The summed E-state index contributed by atoms with van der Waals surface area (Å²) in [7, 11) is -8.41. The number of carbonyl (C=O) groups is 5. The molecular formula is C53H78N6O19P2. The van der Waals surface area contributed by atoms with E-state index in [2.05, 4.69) is 29.1 Å². The van der Waals surface area contributed by atoms with Crippen molar-refractivity contribution in [2.45, 2.75) is 130 Å². The number of aliphatic hydroxyl groups excluding tert-OH is 1. The topological polar surface area (TPSA) is 363 Å². The maximum Gasteiger partial charge on any atom is 0.360 e. The molecule has 9 N–H and O–H groups in total. The molecule has 1 saturated heterocycles. The van der Waals surface area contributed by atoms with E-state index in [0.717, 1.165) is 11.4 Å². The number of methoxy groups -OCH3 is 1. The number of hydrogen-bond donors (Lipinski definition) is 9. The Bertz CT molecular complexity index is 2980. The predicted molar refractivity (Wildman–Crippen MR) is 292 cm³/mol. The molecule has 4 bridgehead atoms. The Morgan fingerprint density at radius 1 is 0.938 bits per heavy atom. The molecule has 0 unspecified atom stereocenters. The number of hydrogen-bond acceptors (Lipinski definition) is 19. The van der Waals surface area contributed by atoms with Gasteiger partial charge >= 0.3 is 27.1 Å². The third-order valence-corrected chi connectivity index (χ3v) is 17.8. The van der Waals surface area contributed by atoms with Crippen LogP contribution in [0.2, 0.25) is 0 Å². The monoisotopic (exact) mass is 1160 g/mol. The number of phenolic OH excluding ortho intramolecular Hbond substituents is 2. The van der Waals surface area contributed by atoms with Gasteiger partial charge in [-0.05, 0) is 32.9 Å². The van der Waals surface area contributed by atoms with Crippen molar-refractivity contribution in [1.29, 1.82) is 0 Å². The fourth-order valence-corrected chi connectivity index (χ4v) is 12.6. The smallest absolute Gasteiger partial charge is 0.360 e. The molecule has 25 nitrogen and oxygen atoms in total. The highest BCUT2D eigenvalue weighted by atomic mass is 31.2. The summed E-state index contributed by atoms with van der Waals surface area (Å²) in [5.74, 6) is -9.46. The second-order valence-electron chi connectivity index (χ2n) is 22.0. The number of benzene rings is 2. The van der Waals surface area contributed by atoms with E-state index >= 15 is 0 Å². The molecule has 2 aromatic carbocycles. The minimum atomic E-state index is -5.53. The number of aromatic hydroxyl groups is 2. The lowest BCUT2D eigenvalue weighted by atomic mass is 9.78. The number of fused-ring (bicyclic) bond motifs is 16. The Morgan fingerprint density at radius 2 is 1.55 bits per heavy atom. The Balaban J connectivity index is 1.67. The molecule has 8 atom stereocenters. The quantitative estimate of drug-likeness (QED) is 0.0598. The molecule has 0 saturated carbocycles. The fraction of sp³-hybridized carbons (Fsp3) is 0.604. The number of likely N-dealkylation sites (tertiary alicyclic amines) is 1. The maximum atomic E-state index is 14.2. The molecule has 0 aliphatic carbocycles. The van der Waals surface area contributed by atoms with Crippen molar-refractivity contribution in [2.75, 3.05) is 52.2 Å². The molecular weight excluding hydrogens is 1090 g/mol. The van der Waals surface area contributed by atoms with Gasteiger partial charge in [-0.2, -0.15) is 0 Å². The third-order valence-electron chi connectivity index (χ3n) is 14.5. The summed E-state index contributed by atoms with van der Waals surface area (Å²) in [4.78, 5) is 118. The number of allylic oxidation sites excluding steroid dienone is 2. The molecule has 0 aromatic heterocycles. The van der Waals surface area contributed by atoms with E-state index in [0.29, 0.717) is 38.1 Å². The molecule has 1 spiro atoms. The summed E-state index contributed by atoms with van der Waals surface area (Å²) in [6.07, 6.45) is 4.29. The van der Waals surface area contributed by atoms with E-state index in [4.69, 9.17) is 28.7 Å². The van der Waals surface area contributed by atoms with Gasteiger partial charge in [-0.1, -0.05) is 59.8 Å². The molecule has 2 amide bonds. The van der Waals surface area contributed by atoms with Gasteiger partial charge in [0.2, 0.25) is 17.2 Å². The summed E-state index contributed by atoms with van der Waals surface area (Å²) in [6, 6.07) is 0. The average Bonchev–Trinajstić information content (AvgIpc) is 3.72. The van der Waals surface area contributed by atoms with E-state index in [-0.39, 0.29) is 49.6 Å². The number of nitrogens with one attached hydrogen (secondary N) is 2. The number of aldehydes is 1. The van der Waals surface area contributed by atoms with Gasteiger partial charge < -0.3 is 74.1 Å². The van der Waals surface area contributed by atoms with Crippen LogP contribution in [0.3, 0.4) is 0 Å². The molecule has 80 heavy (non-hydrogen) atoms. The number of likely N-dealkylation sites (N-methyl/N-ethyl adjacent to an activating group) is 1. The van der Waals surface area contributed by atoms with Crippen LogP contribution in [0.5, 0.6) is 17.2 Å². The highest BCUT2D eigenvalue weighted by Gasteiger charge is 2.46. The van der Waals surface area contributed by atoms with Crippen molar-refractivity contribution >= 4 is 61.7 Å². The van der Waals surface area contributed by atoms with Crippen molar-refractivity contribution in [3.8, 4) is 17.2 Å². The number of ether oxygens (including phenoxy) is 5. The van der Waals surface area contributed by atoms with Crippen LogP contribution < -0.4 is 26.1 Å². The summed E-state index contributed by atoms with van der Waals surface area (Å²) < 4.78 is 53.9. The number of esters is 2. The zero-order valence-corrected chi connectivity index (χ0v) is 49.2. The van der Waals surface area contributed by atoms with E-state index in [1.807, 2.05) is 0 Å². The van der Waals surface area contributed by atoms with E-state index in [9.17, 15) is 68.0 Å². The van der Waals surface area contributed by atoms with Crippen LogP contribution >= 0.6 is 15.2 Å². The SMILES string of the molecule is CO[C@H]1/C=C/OC(C)(C)Oc2c(C)c(O)c3c(O)c(c4c(c3c2C=O)NC2(CCN(CC(C)C)CC2)N=4)=NC(=O)/C(C)=C\C=C\[C@H](C)[C@H](OC(=O)CN(C)CC(=O)NC(P(=O)(O)O)P(=O)(O)O)[C@@H](C)[C@@H](O)[C@@H](C)[C@H](OC(C)=O)[C@@H]1C. The summed E-state index contributed by atoms with van der Waals surface area (Å²) in [5.41, 5.74) is -3.52. The summed E-state index contributed by atoms with van der Waals surface area (Å²) in [6.45, 7) is 18.8. The highest BCUT2D eigenvalue weighted by molar-refractivity contribution is 7.70. The van der Waals surface area contributed by atoms with Gasteiger partial charge in [0.25, 0.3) is 5.91 Å². The van der Waals surface area contributed by atoms with Gasteiger partial charge in [-0.3, -0.25) is 43.0 Å². The number of carbonyl (C=O) groups excluding carboxylic acids is 5. The first-order chi connectivity index (χ1) is 37.1. The Kier molecular flexibility index (Phi) is 21.3. The highest BCUT2D eigenvalue weighted by Crippen LogP contribution is 2.58. The van der Waals surface area contributed by atoms with E-state index in [1.165, 1.54) is 59.4 Å². The molecule has 4 aliphatic rings. The molecule has 444 valence electrons. The van der Waals surface area contributed by atoms with Crippen molar-refractivity contribution in [3.05, 3.63) is 58.0 Å². The molecule has 6 rings (SSSR count). The van der Waals surface area contributed by atoms with Gasteiger partial charge in [-0.25, -0.2) is 4.99 Å². The summed E-state index contributed by atoms with van der Waals surface area (Å²) in [5, 5.41) is 41.3. The molecule has 0 radical (unpaired) electrons. The van der Waals surface area contributed by atoms with Gasteiger partial charge in [0.15, 0.2) is 12.0 Å². The molecule has 1 fully saturated rings. The van der Waals surface area contributed by atoms with Crippen molar-refractivity contribution in [3.63, 3.8) is 0 Å². The van der Waals surface area contributed by atoms with Crippen LogP contribution in [0, 0.1) is 36.5 Å². The zero-order chi connectivity index (χ0) is 60.1. The zero-order valence-electron chi connectivity index (χ0n) is 47.4. The fourth-order valence-electron chi connectivity index (χ4n) is 10.4. The predicted octanol–water partition coefficient (Wildman–Crippen LogP) is 3.62. The lowest BCUT2D eigenvalue weighted by molar-refractivity contribution is -0.165. The number of rotatable bonds is 13. The van der Waals surface area contributed by atoms with Crippen LogP contribution in [-0.2, 0) is 47.3 Å². The first kappa shape index (κ1) is 65.2.